The zero-order valence-corrected chi connectivity index (χ0v) is 17.0. The summed E-state index contributed by atoms with van der Waals surface area (Å²) in [6.07, 6.45) is 6.45. The molecule has 9 heteroatoms. The molecule has 3 heterocycles. The topological polar surface area (TPSA) is 76.4 Å². The predicted octanol–water partition coefficient (Wildman–Crippen LogP) is 2.91. The first-order valence-electron chi connectivity index (χ1n) is 9.32. The number of hydrogen-bond acceptors (Lipinski definition) is 6. The van der Waals surface area contributed by atoms with Crippen molar-refractivity contribution >= 4 is 23.2 Å². The van der Waals surface area contributed by atoms with Gasteiger partial charge in [-0.1, -0.05) is 23.2 Å². The van der Waals surface area contributed by atoms with E-state index in [0.717, 1.165) is 11.3 Å². The molecule has 0 bridgehead atoms. The summed E-state index contributed by atoms with van der Waals surface area (Å²) in [5.41, 5.74) is 2.97. The van der Waals surface area contributed by atoms with Gasteiger partial charge in [-0.15, -0.1) is 0 Å². The van der Waals surface area contributed by atoms with Crippen molar-refractivity contribution in [3.05, 3.63) is 65.2 Å². The molecule has 1 amide bonds. The van der Waals surface area contributed by atoms with Crippen LogP contribution < -0.4 is 5.06 Å². The van der Waals surface area contributed by atoms with Crippen LogP contribution in [0.4, 0.5) is 5.69 Å². The Morgan fingerprint density at radius 3 is 2.72 bits per heavy atom. The highest BCUT2D eigenvalue weighted by atomic mass is 35.5. The van der Waals surface area contributed by atoms with E-state index in [2.05, 4.69) is 15.2 Å². The van der Waals surface area contributed by atoms with E-state index in [1.165, 1.54) is 4.80 Å². The van der Waals surface area contributed by atoms with E-state index in [9.17, 15) is 4.79 Å². The van der Waals surface area contributed by atoms with E-state index in [1.807, 2.05) is 36.9 Å². The summed E-state index contributed by atoms with van der Waals surface area (Å²) < 4.78 is 0. The van der Waals surface area contributed by atoms with E-state index < -0.39 is 0 Å². The first-order chi connectivity index (χ1) is 14.0. The molecule has 150 valence electrons. The van der Waals surface area contributed by atoms with Gasteiger partial charge in [0, 0.05) is 12.7 Å². The number of pyridine rings is 1. The van der Waals surface area contributed by atoms with Gasteiger partial charge in [0.25, 0.3) is 5.91 Å². The molecule has 0 spiro atoms. The number of aryl methyl sites for hydroxylation is 1. The molecule has 8 nitrogen and oxygen atoms in total. The quantitative estimate of drug-likeness (QED) is 0.658. The molecule has 1 fully saturated rings. The summed E-state index contributed by atoms with van der Waals surface area (Å²) in [7, 11) is 0. The Labute approximate surface area is 173 Å². The van der Waals surface area contributed by atoms with E-state index in [-0.39, 0.29) is 11.9 Å². The van der Waals surface area contributed by atoms with Gasteiger partial charge in [0.15, 0.2) is 0 Å². The maximum atomic E-state index is 13.5. The number of hydrogen-bond donors (Lipinski definition) is 0. The first kappa shape index (κ1) is 19.4. The lowest BCUT2D eigenvalue weighted by atomic mass is 10.1. The summed E-state index contributed by atoms with van der Waals surface area (Å²) in [5.74, 6) is -0.0804. The number of aromatic nitrogens is 4. The molecule has 1 saturated heterocycles. The molecule has 0 radical (unpaired) electrons. The van der Waals surface area contributed by atoms with Crippen LogP contribution in [-0.2, 0) is 4.84 Å². The maximum absolute atomic E-state index is 13.5. The van der Waals surface area contributed by atoms with Crippen LogP contribution in [0.1, 0.15) is 22.8 Å². The lowest BCUT2D eigenvalue weighted by Crippen LogP contribution is -2.41. The summed E-state index contributed by atoms with van der Waals surface area (Å²) in [6.45, 7) is 5.28. The summed E-state index contributed by atoms with van der Waals surface area (Å²) >= 11 is 6.05. The number of hydroxylamine groups is 1. The third kappa shape index (κ3) is 4.08. The molecule has 0 N–H and O–H groups in total. The summed E-state index contributed by atoms with van der Waals surface area (Å²) in [6, 6.07) is 7.36. The Kier molecular flexibility index (Phi) is 5.46. The minimum Gasteiger partial charge on any atom is -0.332 e. The molecule has 0 saturated carbocycles. The second kappa shape index (κ2) is 8.18. The third-order valence-electron chi connectivity index (χ3n) is 4.80. The Morgan fingerprint density at radius 1 is 1.17 bits per heavy atom. The fourth-order valence-corrected chi connectivity index (χ4v) is 3.47. The average Bonchev–Trinajstić information content (AvgIpc) is 3.17. The van der Waals surface area contributed by atoms with Crippen molar-refractivity contribution < 1.29 is 9.63 Å². The van der Waals surface area contributed by atoms with Gasteiger partial charge in [-0.2, -0.15) is 15.0 Å². The van der Waals surface area contributed by atoms with Crippen LogP contribution in [0.15, 0.2) is 49.1 Å². The highest BCUT2D eigenvalue weighted by molar-refractivity contribution is 6.30. The predicted molar refractivity (Wildman–Crippen MR) is 109 cm³/mol. The molecule has 3 aromatic rings. The van der Waals surface area contributed by atoms with Crippen LogP contribution in [0.25, 0.3) is 5.69 Å². The summed E-state index contributed by atoms with van der Waals surface area (Å²) in [5, 5.41) is 10.6. The molecule has 1 aliphatic heterocycles. The van der Waals surface area contributed by atoms with E-state index in [0.29, 0.717) is 36.0 Å². The third-order valence-corrected chi connectivity index (χ3v) is 5.01. The molecule has 4 rings (SSSR count). The van der Waals surface area contributed by atoms with Gasteiger partial charge in [-0.05, 0) is 32.0 Å². The second-order valence-corrected chi connectivity index (χ2v) is 7.38. The van der Waals surface area contributed by atoms with Gasteiger partial charge in [0.1, 0.15) is 0 Å². The normalized spacial score (nSPS) is 17.3. The molecule has 1 atom stereocenters. The number of carbonyl (C=O) groups is 1. The standard InChI is InChI=1S/C20H21ClN6O2/c1-14-3-4-19(27-23-5-6-24-27)18(9-14)20(28)25-7-8-26(29-13-15(25)2)17-10-16(21)11-22-12-17/h3-6,9-12,15H,7-8,13H2,1-2H3/t15-/m1/s1. The van der Waals surface area contributed by atoms with Gasteiger partial charge in [-0.25, -0.2) is 0 Å². The van der Waals surface area contributed by atoms with Crippen molar-refractivity contribution in [3.63, 3.8) is 0 Å². The number of carbonyl (C=O) groups excluding carboxylic acids is 1. The van der Waals surface area contributed by atoms with Crippen LogP contribution in [0.2, 0.25) is 5.02 Å². The molecule has 2 aromatic heterocycles. The number of anilines is 1. The number of halogens is 1. The van der Waals surface area contributed by atoms with E-state index >= 15 is 0 Å². The van der Waals surface area contributed by atoms with E-state index in [1.54, 1.807) is 35.9 Å². The molecular weight excluding hydrogens is 392 g/mol. The number of benzene rings is 1. The minimum atomic E-state index is -0.112. The number of rotatable bonds is 3. The Morgan fingerprint density at radius 2 is 1.97 bits per heavy atom. The minimum absolute atomic E-state index is 0.0804. The lowest BCUT2D eigenvalue weighted by Gasteiger charge is -2.26. The Balaban J connectivity index is 1.60. The molecule has 0 unspecified atom stereocenters. The largest absolute Gasteiger partial charge is 0.332 e. The van der Waals surface area contributed by atoms with Crippen molar-refractivity contribution in [2.24, 2.45) is 0 Å². The first-order valence-corrected chi connectivity index (χ1v) is 9.70. The Bertz CT molecular complexity index is 1010. The van der Waals surface area contributed by atoms with Gasteiger partial charge >= 0.3 is 0 Å². The van der Waals surface area contributed by atoms with Crippen molar-refractivity contribution in [1.82, 2.24) is 24.9 Å². The molecule has 29 heavy (non-hydrogen) atoms. The van der Waals surface area contributed by atoms with Crippen molar-refractivity contribution in [2.75, 3.05) is 24.8 Å². The van der Waals surface area contributed by atoms with Crippen LogP contribution in [0.5, 0.6) is 0 Å². The van der Waals surface area contributed by atoms with Crippen LogP contribution >= 0.6 is 11.6 Å². The van der Waals surface area contributed by atoms with Crippen molar-refractivity contribution in [3.8, 4) is 5.69 Å². The van der Waals surface area contributed by atoms with Gasteiger partial charge < -0.3 is 4.90 Å². The summed E-state index contributed by atoms with van der Waals surface area (Å²) in [4.78, 5) is 26.8. The van der Waals surface area contributed by atoms with Crippen LogP contribution in [0.3, 0.4) is 0 Å². The Hall–Kier alpha value is -2.97. The molecular formula is C20H21ClN6O2. The smallest absolute Gasteiger partial charge is 0.256 e. The highest BCUT2D eigenvalue weighted by Crippen LogP contribution is 2.23. The van der Waals surface area contributed by atoms with Crippen LogP contribution in [0, 0.1) is 6.92 Å². The second-order valence-electron chi connectivity index (χ2n) is 6.95. The number of amides is 1. The van der Waals surface area contributed by atoms with Crippen molar-refractivity contribution in [2.45, 2.75) is 19.9 Å². The van der Waals surface area contributed by atoms with Gasteiger partial charge in [-0.3, -0.25) is 19.7 Å². The molecule has 1 aliphatic rings. The fourth-order valence-electron chi connectivity index (χ4n) is 3.30. The maximum Gasteiger partial charge on any atom is 0.256 e. The zero-order chi connectivity index (χ0) is 20.4. The monoisotopic (exact) mass is 412 g/mol. The van der Waals surface area contributed by atoms with Crippen molar-refractivity contribution in [1.29, 1.82) is 0 Å². The lowest BCUT2D eigenvalue weighted by molar-refractivity contribution is 0.0601. The fraction of sp³-hybridized carbons (Fsp3) is 0.300. The SMILES string of the molecule is Cc1ccc(-n2nccn2)c(C(=O)N2CCN(c3cncc(Cl)c3)OC[C@H]2C)c1. The number of nitrogens with zero attached hydrogens (tertiary/aromatic N) is 6. The van der Waals surface area contributed by atoms with Gasteiger partial charge in [0.05, 0.1) is 59.7 Å². The molecule has 0 aliphatic carbocycles. The van der Waals surface area contributed by atoms with Gasteiger partial charge in [0.2, 0.25) is 0 Å². The van der Waals surface area contributed by atoms with E-state index in [4.69, 9.17) is 16.4 Å². The average molecular weight is 413 g/mol. The van der Waals surface area contributed by atoms with Crippen LogP contribution in [-0.4, -0.2) is 56.5 Å². The zero-order valence-electron chi connectivity index (χ0n) is 16.2. The highest BCUT2D eigenvalue weighted by Gasteiger charge is 2.29. The molecule has 1 aromatic carbocycles.